The summed E-state index contributed by atoms with van der Waals surface area (Å²) in [7, 11) is -3.26. The van der Waals surface area contributed by atoms with E-state index in [1.54, 1.807) is 12.1 Å². The highest BCUT2D eigenvalue weighted by molar-refractivity contribution is 7.92. The van der Waals surface area contributed by atoms with Crippen LogP contribution in [0.5, 0.6) is 5.75 Å². The molecule has 1 fully saturated rings. The van der Waals surface area contributed by atoms with Crippen molar-refractivity contribution in [3.05, 3.63) is 59.7 Å². The molecule has 1 saturated heterocycles. The van der Waals surface area contributed by atoms with Crippen molar-refractivity contribution in [3.63, 3.8) is 0 Å². The van der Waals surface area contributed by atoms with Gasteiger partial charge in [0.25, 0.3) is 0 Å². The zero-order valence-electron chi connectivity index (χ0n) is 16.6. The molecular formula is C22H26N2O4S. The minimum atomic E-state index is -3.26. The summed E-state index contributed by atoms with van der Waals surface area (Å²) in [5.74, 6) is 0.877. The molecule has 2 aliphatic heterocycles. The average molecular weight is 415 g/mol. The number of ether oxygens (including phenoxy) is 1. The van der Waals surface area contributed by atoms with Crippen LogP contribution in [0.1, 0.15) is 35.2 Å². The number of ketones is 1. The highest BCUT2D eigenvalue weighted by atomic mass is 32.2. The van der Waals surface area contributed by atoms with Crippen molar-refractivity contribution >= 4 is 21.5 Å². The second-order valence-corrected chi connectivity index (χ2v) is 9.83. The van der Waals surface area contributed by atoms with Gasteiger partial charge in [0.2, 0.25) is 10.0 Å². The number of carbonyl (C=O) groups excluding carboxylic acids is 1. The smallest absolute Gasteiger partial charge is 0.229 e. The van der Waals surface area contributed by atoms with Crippen LogP contribution >= 0.6 is 0 Å². The third kappa shape index (κ3) is 4.79. The van der Waals surface area contributed by atoms with Crippen LogP contribution < -0.4 is 9.46 Å². The lowest BCUT2D eigenvalue weighted by molar-refractivity contribution is -0.0175. The molecule has 0 radical (unpaired) electrons. The number of piperidine rings is 1. The van der Waals surface area contributed by atoms with Gasteiger partial charge in [-0.15, -0.1) is 0 Å². The fourth-order valence-electron chi connectivity index (χ4n) is 4.29. The largest absolute Gasteiger partial charge is 0.485 e. The van der Waals surface area contributed by atoms with Crippen LogP contribution in [0.2, 0.25) is 0 Å². The minimum absolute atomic E-state index is 0.169. The van der Waals surface area contributed by atoms with E-state index in [1.165, 1.54) is 0 Å². The SMILES string of the molecule is CS(=O)(=O)Nc1ccc(CCN2CCCC3(CC(=O)c4ccccc4O3)C2)cc1. The van der Waals surface area contributed by atoms with E-state index in [0.29, 0.717) is 23.4 Å². The normalized spacial score (nSPS) is 22.2. The Bertz CT molecular complexity index is 1000. The molecule has 29 heavy (non-hydrogen) atoms. The van der Waals surface area contributed by atoms with Crippen LogP contribution in [0.4, 0.5) is 5.69 Å². The van der Waals surface area contributed by atoms with E-state index in [9.17, 15) is 13.2 Å². The van der Waals surface area contributed by atoms with Gasteiger partial charge in [-0.2, -0.15) is 0 Å². The molecule has 4 rings (SSSR count). The Hall–Kier alpha value is -2.38. The Kier molecular flexibility index (Phi) is 5.36. The summed E-state index contributed by atoms with van der Waals surface area (Å²) in [6.07, 6.45) is 4.35. The fourth-order valence-corrected chi connectivity index (χ4v) is 4.86. The first kappa shape index (κ1) is 19.9. The molecular weight excluding hydrogens is 388 g/mol. The van der Waals surface area contributed by atoms with Crippen LogP contribution in [0.25, 0.3) is 0 Å². The highest BCUT2D eigenvalue weighted by Crippen LogP contribution is 2.38. The third-order valence-corrected chi connectivity index (χ3v) is 6.20. The van der Waals surface area contributed by atoms with E-state index < -0.39 is 15.6 Å². The Morgan fingerprint density at radius 2 is 1.90 bits per heavy atom. The number of Topliss-reactive ketones (excluding diaryl/α,β-unsaturated/α-hetero) is 1. The highest BCUT2D eigenvalue weighted by Gasteiger charge is 2.43. The fraction of sp³-hybridized carbons (Fsp3) is 0.409. The molecule has 2 aromatic carbocycles. The van der Waals surface area contributed by atoms with Crippen LogP contribution in [0, 0.1) is 0 Å². The second kappa shape index (κ2) is 7.80. The molecule has 2 heterocycles. The van der Waals surface area contributed by atoms with Crippen LogP contribution in [-0.2, 0) is 16.4 Å². The molecule has 0 amide bonds. The van der Waals surface area contributed by atoms with Gasteiger partial charge in [0.15, 0.2) is 5.78 Å². The van der Waals surface area contributed by atoms with Crippen molar-refractivity contribution in [2.75, 3.05) is 30.6 Å². The van der Waals surface area contributed by atoms with Gasteiger partial charge in [0, 0.05) is 18.8 Å². The first-order chi connectivity index (χ1) is 13.8. The number of para-hydroxylation sites is 1. The molecule has 1 spiro atoms. The van der Waals surface area contributed by atoms with Crippen molar-refractivity contribution in [1.82, 2.24) is 4.90 Å². The van der Waals surface area contributed by atoms with Crippen LogP contribution in [-0.4, -0.2) is 50.6 Å². The van der Waals surface area contributed by atoms with Crippen molar-refractivity contribution in [3.8, 4) is 5.75 Å². The molecule has 1 N–H and O–H groups in total. The standard InChI is InChI=1S/C22H26N2O4S/c1-29(26,27)23-18-9-7-17(8-10-18)11-14-24-13-4-12-22(16-24)15-20(25)19-5-2-3-6-21(19)28-22/h2-3,5-10,23H,4,11-16H2,1H3. The molecule has 7 heteroatoms. The Morgan fingerprint density at radius 3 is 2.66 bits per heavy atom. The van der Waals surface area contributed by atoms with E-state index in [-0.39, 0.29) is 5.78 Å². The van der Waals surface area contributed by atoms with E-state index in [4.69, 9.17) is 4.74 Å². The van der Waals surface area contributed by atoms with Gasteiger partial charge in [0.1, 0.15) is 11.4 Å². The van der Waals surface area contributed by atoms with E-state index >= 15 is 0 Å². The minimum Gasteiger partial charge on any atom is -0.485 e. The zero-order chi connectivity index (χ0) is 20.5. The van der Waals surface area contributed by atoms with E-state index in [1.807, 2.05) is 36.4 Å². The van der Waals surface area contributed by atoms with Crippen molar-refractivity contribution in [1.29, 1.82) is 0 Å². The summed E-state index contributed by atoms with van der Waals surface area (Å²) in [5, 5.41) is 0. The molecule has 2 aliphatic rings. The second-order valence-electron chi connectivity index (χ2n) is 8.08. The van der Waals surface area contributed by atoms with Gasteiger partial charge in [-0.05, 0) is 55.6 Å². The van der Waals surface area contributed by atoms with Gasteiger partial charge in [-0.3, -0.25) is 14.4 Å². The number of benzene rings is 2. The maximum Gasteiger partial charge on any atom is 0.229 e. The van der Waals surface area contributed by atoms with Gasteiger partial charge in [0.05, 0.1) is 18.2 Å². The van der Waals surface area contributed by atoms with Crippen molar-refractivity contribution in [2.24, 2.45) is 0 Å². The Balaban J connectivity index is 1.38. The topological polar surface area (TPSA) is 75.7 Å². The first-order valence-corrected chi connectivity index (χ1v) is 11.8. The molecule has 0 bridgehead atoms. The average Bonchev–Trinajstić information content (AvgIpc) is 2.66. The van der Waals surface area contributed by atoms with Crippen LogP contribution in [0.3, 0.4) is 0 Å². The molecule has 0 aromatic heterocycles. The molecule has 1 atom stereocenters. The van der Waals surface area contributed by atoms with Crippen molar-refractivity contribution < 1.29 is 17.9 Å². The molecule has 154 valence electrons. The number of fused-ring (bicyclic) bond motifs is 1. The number of hydrogen-bond acceptors (Lipinski definition) is 5. The summed E-state index contributed by atoms with van der Waals surface area (Å²) in [6, 6.07) is 15.0. The van der Waals surface area contributed by atoms with Gasteiger partial charge in [-0.1, -0.05) is 24.3 Å². The summed E-state index contributed by atoms with van der Waals surface area (Å²) < 4.78 is 31.4. The molecule has 0 aliphatic carbocycles. The van der Waals surface area contributed by atoms with Gasteiger partial charge >= 0.3 is 0 Å². The number of hydrogen-bond donors (Lipinski definition) is 1. The first-order valence-electron chi connectivity index (χ1n) is 9.92. The number of nitrogens with zero attached hydrogens (tertiary/aromatic N) is 1. The number of carbonyl (C=O) groups is 1. The van der Waals surface area contributed by atoms with Crippen LogP contribution in [0.15, 0.2) is 48.5 Å². The predicted octanol–water partition coefficient (Wildman–Crippen LogP) is 3.10. The third-order valence-electron chi connectivity index (χ3n) is 5.59. The number of rotatable bonds is 5. The lowest BCUT2D eigenvalue weighted by atomic mass is 9.83. The Labute approximate surface area is 171 Å². The molecule has 6 nitrogen and oxygen atoms in total. The van der Waals surface area contributed by atoms with Gasteiger partial charge in [-0.25, -0.2) is 8.42 Å². The summed E-state index contributed by atoms with van der Waals surface area (Å²) in [5.41, 5.74) is 1.99. The van der Waals surface area contributed by atoms with Gasteiger partial charge < -0.3 is 4.74 Å². The number of likely N-dealkylation sites (tertiary alicyclic amines) is 1. The maximum atomic E-state index is 12.6. The lowest BCUT2D eigenvalue weighted by Crippen LogP contribution is -2.54. The number of anilines is 1. The Morgan fingerprint density at radius 1 is 1.14 bits per heavy atom. The van der Waals surface area contributed by atoms with Crippen molar-refractivity contribution in [2.45, 2.75) is 31.3 Å². The quantitative estimate of drug-likeness (QED) is 0.814. The monoisotopic (exact) mass is 414 g/mol. The summed E-state index contributed by atoms with van der Waals surface area (Å²) in [4.78, 5) is 15.0. The number of nitrogens with one attached hydrogen (secondary N) is 1. The zero-order valence-corrected chi connectivity index (χ0v) is 17.4. The van der Waals surface area contributed by atoms with E-state index in [2.05, 4.69) is 9.62 Å². The molecule has 0 saturated carbocycles. The molecule has 1 unspecified atom stereocenters. The van der Waals surface area contributed by atoms with E-state index in [0.717, 1.165) is 50.7 Å². The number of sulfonamides is 1. The summed E-state index contributed by atoms with van der Waals surface area (Å²) >= 11 is 0. The molecule has 2 aromatic rings. The summed E-state index contributed by atoms with van der Waals surface area (Å²) in [6.45, 7) is 2.62. The lowest BCUT2D eigenvalue weighted by Gasteiger charge is -2.45. The predicted molar refractivity (Wildman–Crippen MR) is 113 cm³/mol. The maximum absolute atomic E-state index is 12.6.